The Morgan fingerprint density at radius 1 is 1.30 bits per heavy atom. The number of pyridine rings is 1. The van der Waals surface area contributed by atoms with E-state index in [1.165, 1.54) is 12.1 Å². The van der Waals surface area contributed by atoms with E-state index in [4.69, 9.17) is 28.9 Å². The van der Waals surface area contributed by atoms with Crippen LogP contribution in [0.25, 0.3) is 0 Å². The van der Waals surface area contributed by atoms with Crippen molar-refractivity contribution in [1.82, 2.24) is 4.98 Å². The van der Waals surface area contributed by atoms with E-state index in [0.29, 0.717) is 0 Å². The highest BCUT2D eigenvalue weighted by molar-refractivity contribution is 6.39. The second kappa shape index (κ2) is 5.48. The molecule has 1 heterocycles. The molecule has 2 aromatic rings. The Labute approximate surface area is 122 Å². The largest absolute Gasteiger partial charge is 0.378 e. The van der Waals surface area contributed by atoms with E-state index in [-0.39, 0.29) is 33.1 Å². The molecule has 0 amide bonds. The first kappa shape index (κ1) is 14.3. The molecular weight excluding hydrogens is 310 g/mol. The summed E-state index contributed by atoms with van der Waals surface area (Å²) in [6, 6.07) is 4.68. The van der Waals surface area contributed by atoms with Crippen LogP contribution in [0.3, 0.4) is 0 Å². The van der Waals surface area contributed by atoms with Crippen molar-refractivity contribution in [3.8, 4) is 0 Å². The minimum Gasteiger partial charge on any atom is -0.378 e. The number of halogens is 3. The maximum Gasteiger partial charge on any atom is 0.311 e. The van der Waals surface area contributed by atoms with E-state index in [9.17, 15) is 14.5 Å². The lowest BCUT2D eigenvalue weighted by Gasteiger charge is -2.10. The van der Waals surface area contributed by atoms with Crippen LogP contribution in [0, 0.1) is 15.9 Å². The van der Waals surface area contributed by atoms with Crippen LogP contribution in [0.15, 0.2) is 24.3 Å². The van der Waals surface area contributed by atoms with Crippen molar-refractivity contribution in [1.29, 1.82) is 0 Å². The van der Waals surface area contributed by atoms with Crippen LogP contribution >= 0.6 is 23.2 Å². The highest BCUT2D eigenvalue weighted by Gasteiger charge is 2.14. The molecule has 0 atom stereocenters. The third kappa shape index (κ3) is 2.89. The van der Waals surface area contributed by atoms with Gasteiger partial charge in [0.1, 0.15) is 11.6 Å². The second-order valence-corrected chi connectivity index (χ2v) is 4.54. The van der Waals surface area contributed by atoms with Crippen molar-refractivity contribution >= 4 is 46.2 Å². The van der Waals surface area contributed by atoms with Gasteiger partial charge in [-0.15, -0.1) is 0 Å². The van der Waals surface area contributed by atoms with E-state index in [1.54, 1.807) is 0 Å². The number of hydrogen-bond acceptors (Lipinski definition) is 5. The minimum absolute atomic E-state index is 0.0497. The molecule has 9 heteroatoms. The lowest BCUT2D eigenvalue weighted by atomic mass is 10.3. The molecule has 0 saturated heterocycles. The predicted molar refractivity (Wildman–Crippen MR) is 75.0 cm³/mol. The Kier molecular flexibility index (Phi) is 3.91. The summed E-state index contributed by atoms with van der Waals surface area (Å²) in [6.07, 6.45) is 0. The molecule has 0 aliphatic heterocycles. The van der Waals surface area contributed by atoms with Crippen molar-refractivity contribution < 1.29 is 9.31 Å². The summed E-state index contributed by atoms with van der Waals surface area (Å²) in [4.78, 5) is 13.8. The summed E-state index contributed by atoms with van der Waals surface area (Å²) >= 11 is 11.7. The normalized spacial score (nSPS) is 10.3. The zero-order chi connectivity index (χ0) is 14.9. The highest BCUT2D eigenvalue weighted by Crippen LogP contribution is 2.34. The number of nitro groups is 1. The number of nitrogens with zero attached hydrogens (tertiary/aromatic N) is 2. The Bertz CT molecular complexity index is 673. The number of nitrogens with one attached hydrogen (secondary N) is 1. The van der Waals surface area contributed by atoms with Gasteiger partial charge in [0.15, 0.2) is 0 Å². The SMILES string of the molecule is Nc1nc(Nc2c(Cl)cc(F)cc2Cl)ccc1[N+](=O)[O-]. The molecular formula is C11H7Cl2FN4O2. The van der Waals surface area contributed by atoms with Crippen LogP contribution < -0.4 is 11.1 Å². The molecule has 0 bridgehead atoms. The monoisotopic (exact) mass is 316 g/mol. The molecule has 0 unspecified atom stereocenters. The molecule has 6 nitrogen and oxygen atoms in total. The molecule has 2 rings (SSSR count). The standard InChI is InChI=1S/C11H7Cl2FN4O2/c12-6-3-5(14)4-7(13)10(6)16-9-2-1-8(18(19)20)11(15)17-9/h1-4H,(H3,15,16,17). The third-order valence-electron chi connectivity index (χ3n) is 2.36. The molecule has 104 valence electrons. The van der Waals surface area contributed by atoms with Gasteiger partial charge in [-0.25, -0.2) is 9.37 Å². The molecule has 1 aromatic carbocycles. The van der Waals surface area contributed by atoms with Crippen LogP contribution in [-0.4, -0.2) is 9.91 Å². The summed E-state index contributed by atoms with van der Waals surface area (Å²) in [6.45, 7) is 0. The summed E-state index contributed by atoms with van der Waals surface area (Å²) in [5, 5.41) is 13.4. The van der Waals surface area contributed by atoms with Crippen LogP contribution in [0.1, 0.15) is 0 Å². The summed E-state index contributed by atoms with van der Waals surface area (Å²) in [5.74, 6) is -0.639. The van der Waals surface area contributed by atoms with Gasteiger partial charge in [-0.2, -0.15) is 0 Å². The number of nitrogens with two attached hydrogens (primary N) is 1. The number of anilines is 3. The molecule has 0 saturated carbocycles. The lowest BCUT2D eigenvalue weighted by molar-refractivity contribution is -0.384. The average molecular weight is 317 g/mol. The third-order valence-corrected chi connectivity index (χ3v) is 2.96. The fraction of sp³-hybridized carbons (Fsp3) is 0. The van der Waals surface area contributed by atoms with Gasteiger partial charge in [0, 0.05) is 6.07 Å². The first-order valence-electron chi connectivity index (χ1n) is 5.21. The average Bonchev–Trinajstić information content (AvgIpc) is 2.33. The Hall–Kier alpha value is -2.12. The smallest absolute Gasteiger partial charge is 0.311 e. The molecule has 1 aromatic heterocycles. The zero-order valence-corrected chi connectivity index (χ0v) is 11.2. The van der Waals surface area contributed by atoms with Gasteiger partial charge in [0.25, 0.3) is 0 Å². The second-order valence-electron chi connectivity index (χ2n) is 3.73. The van der Waals surface area contributed by atoms with Gasteiger partial charge in [-0.3, -0.25) is 10.1 Å². The minimum atomic E-state index is -0.649. The maximum atomic E-state index is 13.0. The van der Waals surface area contributed by atoms with Crippen LogP contribution in [0.2, 0.25) is 10.0 Å². The van der Waals surface area contributed by atoms with Crippen molar-refractivity contribution in [3.63, 3.8) is 0 Å². The summed E-state index contributed by atoms with van der Waals surface area (Å²) in [5.41, 5.74) is 5.38. The van der Waals surface area contributed by atoms with Gasteiger partial charge >= 0.3 is 5.69 Å². The molecule has 0 aliphatic rings. The molecule has 3 N–H and O–H groups in total. The van der Waals surface area contributed by atoms with Gasteiger partial charge in [0.2, 0.25) is 5.82 Å². The number of benzene rings is 1. The molecule has 20 heavy (non-hydrogen) atoms. The van der Waals surface area contributed by atoms with Crippen molar-refractivity contribution in [2.75, 3.05) is 11.1 Å². The fourth-order valence-electron chi connectivity index (χ4n) is 1.48. The predicted octanol–water partition coefficient (Wildman–Crippen LogP) is 3.76. The van der Waals surface area contributed by atoms with E-state index in [2.05, 4.69) is 10.3 Å². The number of aromatic nitrogens is 1. The quantitative estimate of drug-likeness (QED) is 0.664. The van der Waals surface area contributed by atoms with Crippen molar-refractivity contribution in [2.45, 2.75) is 0 Å². The fourth-order valence-corrected chi connectivity index (χ4v) is 2.04. The van der Waals surface area contributed by atoms with E-state index in [1.807, 2.05) is 0 Å². The van der Waals surface area contributed by atoms with E-state index >= 15 is 0 Å². The van der Waals surface area contributed by atoms with Gasteiger partial charge in [-0.05, 0) is 18.2 Å². The Morgan fingerprint density at radius 3 is 2.40 bits per heavy atom. The maximum absolute atomic E-state index is 13.0. The molecule has 0 spiro atoms. The lowest BCUT2D eigenvalue weighted by Crippen LogP contribution is -2.02. The highest BCUT2D eigenvalue weighted by atomic mass is 35.5. The van der Waals surface area contributed by atoms with Crippen LogP contribution in [0.5, 0.6) is 0 Å². The van der Waals surface area contributed by atoms with Crippen molar-refractivity contribution in [3.05, 3.63) is 50.2 Å². The zero-order valence-electron chi connectivity index (χ0n) is 9.73. The number of rotatable bonds is 3. The van der Waals surface area contributed by atoms with Crippen LogP contribution in [-0.2, 0) is 0 Å². The van der Waals surface area contributed by atoms with Gasteiger partial charge < -0.3 is 11.1 Å². The first-order chi connectivity index (χ1) is 9.38. The van der Waals surface area contributed by atoms with Gasteiger partial charge in [0.05, 0.1) is 20.7 Å². The first-order valence-corrected chi connectivity index (χ1v) is 5.96. The number of nitrogen functional groups attached to an aromatic ring is 1. The summed E-state index contributed by atoms with van der Waals surface area (Å²) in [7, 11) is 0. The van der Waals surface area contributed by atoms with Crippen molar-refractivity contribution in [2.24, 2.45) is 0 Å². The van der Waals surface area contributed by atoms with E-state index < -0.39 is 10.7 Å². The van der Waals surface area contributed by atoms with Gasteiger partial charge in [-0.1, -0.05) is 23.2 Å². The molecule has 0 radical (unpaired) electrons. The topological polar surface area (TPSA) is 94.1 Å². The Balaban J connectivity index is 2.36. The van der Waals surface area contributed by atoms with Crippen LogP contribution in [0.4, 0.5) is 27.4 Å². The Morgan fingerprint density at radius 2 is 1.90 bits per heavy atom. The number of hydrogen-bond donors (Lipinski definition) is 2. The molecule has 0 aliphatic carbocycles. The molecule has 0 fully saturated rings. The van der Waals surface area contributed by atoms with E-state index in [0.717, 1.165) is 12.1 Å². The summed E-state index contributed by atoms with van der Waals surface area (Å²) < 4.78 is 13.0.